The summed E-state index contributed by atoms with van der Waals surface area (Å²) in [5, 5.41) is 0.308. The minimum absolute atomic E-state index is 0.308. The Labute approximate surface area is 77.7 Å². The molecular formula is C9H15NOS. The number of carbonyl (C=O) groups excluding carboxylic acids is 1. The van der Waals surface area contributed by atoms with E-state index in [9.17, 15) is 4.79 Å². The van der Waals surface area contributed by atoms with E-state index >= 15 is 0 Å². The number of nitrogens with zero attached hydrogens (tertiary/aromatic N) is 1. The summed E-state index contributed by atoms with van der Waals surface area (Å²) in [6.07, 6.45) is 4.77. The Morgan fingerprint density at radius 1 is 1.25 bits per heavy atom. The third kappa shape index (κ3) is 1.60. The van der Waals surface area contributed by atoms with Crippen LogP contribution in [0.5, 0.6) is 0 Å². The number of hydrogen-bond acceptors (Lipinski definition) is 2. The van der Waals surface area contributed by atoms with Crippen LogP contribution in [0.2, 0.25) is 0 Å². The molecule has 1 amide bonds. The van der Waals surface area contributed by atoms with Crippen LogP contribution in [0, 0.1) is 0 Å². The predicted octanol–water partition coefficient (Wildman–Crippen LogP) is 1.50. The number of carbonyl (C=O) groups is 1. The fourth-order valence-electron chi connectivity index (χ4n) is 1.91. The molecule has 12 heavy (non-hydrogen) atoms. The van der Waals surface area contributed by atoms with Gasteiger partial charge in [0.05, 0.1) is 5.25 Å². The van der Waals surface area contributed by atoms with Crippen molar-refractivity contribution in [2.75, 3.05) is 18.8 Å². The number of amides is 1. The topological polar surface area (TPSA) is 20.3 Å². The van der Waals surface area contributed by atoms with Crippen molar-refractivity contribution in [1.29, 1.82) is 0 Å². The summed E-state index contributed by atoms with van der Waals surface area (Å²) in [5.74, 6) is 1.60. The Balaban J connectivity index is 1.89. The third-order valence-corrected chi connectivity index (χ3v) is 3.99. The first-order valence-electron chi connectivity index (χ1n) is 4.78. The lowest BCUT2D eigenvalue weighted by molar-refractivity contribution is -0.129. The molecule has 0 aromatic carbocycles. The summed E-state index contributed by atoms with van der Waals surface area (Å²) >= 11 is 1.85. The zero-order valence-electron chi connectivity index (χ0n) is 7.29. The van der Waals surface area contributed by atoms with Crippen LogP contribution in [0.25, 0.3) is 0 Å². The van der Waals surface area contributed by atoms with Crippen LogP contribution in [0.4, 0.5) is 0 Å². The van der Waals surface area contributed by atoms with Gasteiger partial charge in [-0.2, -0.15) is 0 Å². The highest BCUT2D eigenvalue weighted by Gasteiger charge is 2.28. The van der Waals surface area contributed by atoms with Gasteiger partial charge in [0.15, 0.2) is 0 Å². The first-order valence-corrected chi connectivity index (χ1v) is 5.83. The molecule has 1 atom stereocenters. The van der Waals surface area contributed by atoms with Crippen LogP contribution < -0.4 is 0 Å². The molecule has 0 unspecified atom stereocenters. The van der Waals surface area contributed by atoms with E-state index in [-0.39, 0.29) is 0 Å². The lowest BCUT2D eigenvalue weighted by atomic mass is 10.2. The molecule has 0 aromatic heterocycles. The first kappa shape index (κ1) is 8.42. The summed E-state index contributed by atoms with van der Waals surface area (Å²) in [6.45, 7) is 2.02. The van der Waals surface area contributed by atoms with Gasteiger partial charge in [-0.05, 0) is 31.4 Å². The molecule has 0 bridgehead atoms. The van der Waals surface area contributed by atoms with E-state index in [0.717, 1.165) is 19.5 Å². The molecular weight excluding hydrogens is 170 g/mol. The molecule has 68 valence electrons. The number of hydrogen-bond donors (Lipinski definition) is 0. The second-order valence-corrected chi connectivity index (χ2v) is 4.84. The average molecular weight is 185 g/mol. The molecule has 0 N–H and O–H groups in total. The molecule has 0 saturated carbocycles. The molecule has 0 radical (unpaired) electrons. The average Bonchev–Trinajstić information content (AvgIpc) is 2.77. The fourth-order valence-corrected chi connectivity index (χ4v) is 3.16. The second-order valence-electron chi connectivity index (χ2n) is 3.53. The minimum Gasteiger partial charge on any atom is -0.342 e. The maximum absolute atomic E-state index is 11.8. The van der Waals surface area contributed by atoms with Gasteiger partial charge in [0.1, 0.15) is 0 Å². The lowest BCUT2D eigenvalue weighted by Gasteiger charge is -2.18. The van der Waals surface area contributed by atoms with Crippen LogP contribution in [0.15, 0.2) is 0 Å². The quantitative estimate of drug-likeness (QED) is 0.617. The van der Waals surface area contributed by atoms with Gasteiger partial charge in [0, 0.05) is 13.1 Å². The summed E-state index contributed by atoms with van der Waals surface area (Å²) in [7, 11) is 0. The van der Waals surface area contributed by atoms with Gasteiger partial charge in [-0.15, -0.1) is 11.8 Å². The molecule has 2 aliphatic rings. The fraction of sp³-hybridized carbons (Fsp3) is 0.889. The summed E-state index contributed by atoms with van der Waals surface area (Å²) < 4.78 is 0. The Kier molecular flexibility index (Phi) is 2.59. The maximum Gasteiger partial charge on any atom is 0.235 e. The number of thioether (sulfide) groups is 1. The van der Waals surface area contributed by atoms with Crippen molar-refractivity contribution in [1.82, 2.24) is 4.90 Å². The largest absolute Gasteiger partial charge is 0.342 e. The van der Waals surface area contributed by atoms with Crippen molar-refractivity contribution in [3.8, 4) is 0 Å². The van der Waals surface area contributed by atoms with Crippen molar-refractivity contribution in [3.63, 3.8) is 0 Å². The van der Waals surface area contributed by atoms with Crippen LogP contribution >= 0.6 is 11.8 Å². The molecule has 2 fully saturated rings. The Bertz CT molecular complexity index is 153. The molecule has 3 heteroatoms. The van der Waals surface area contributed by atoms with Gasteiger partial charge in [-0.3, -0.25) is 4.79 Å². The summed E-state index contributed by atoms with van der Waals surface area (Å²) in [6, 6.07) is 0. The normalized spacial score (nSPS) is 29.7. The van der Waals surface area contributed by atoms with Crippen molar-refractivity contribution in [3.05, 3.63) is 0 Å². The SMILES string of the molecule is O=C([C@@H]1CCCS1)N1CCCC1. The molecule has 2 nitrogen and oxygen atoms in total. The van der Waals surface area contributed by atoms with Crippen LogP contribution in [-0.2, 0) is 4.79 Å². The highest BCUT2D eigenvalue weighted by atomic mass is 32.2. The van der Waals surface area contributed by atoms with E-state index in [2.05, 4.69) is 0 Å². The Morgan fingerprint density at radius 3 is 2.58 bits per heavy atom. The number of likely N-dealkylation sites (tertiary alicyclic amines) is 1. The van der Waals surface area contributed by atoms with E-state index in [0.29, 0.717) is 11.2 Å². The van der Waals surface area contributed by atoms with Crippen LogP contribution in [0.3, 0.4) is 0 Å². The van der Waals surface area contributed by atoms with Gasteiger partial charge >= 0.3 is 0 Å². The summed E-state index contributed by atoms with van der Waals surface area (Å²) in [5.41, 5.74) is 0. The van der Waals surface area contributed by atoms with Crippen molar-refractivity contribution >= 4 is 17.7 Å². The zero-order valence-corrected chi connectivity index (χ0v) is 8.11. The van der Waals surface area contributed by atoms with Crippen molar-refractivity contribution in [2.24, 2.45) is 0 Å². The van der Waals surface area contributed by atoms with Gasteiger partial charge in [-0.1, -0.05) is 0 Å². The summed E-state index contributed by atoms with van der Waals surface area (Å²) in [4.78, 5) is 13.8. The standard InChI is InChI=1S/C9H15NOS/c11-9(8-4-3-7-12-8)10-5-1-2-6-10/h8H,1-7H2/t8-/m0/s1. The van der Waals surface area contributed by atoms with Crippen molar-refractivity contribution in [2.45, 2.75) is 30.9 Å². The molecule has 2 aliphatic heterocycles. The predicted molar refractivity (Wildman–Crippen MR) is 51.3 cm³/mol. The molecule has 2 heterocycles. The molecule has 0 aliphatic carbocycles. The van der Waals surface area contributed by atoms with E-state index < -0.39 is 0 Å². The van der Waals surface area contributed by atoms with E-state index in [1.165, 1.54) is 25.0 Å². The van der Waals surface area contributed by atoms with E-state index in [4.69, 9.17) is 0 Å². The zero-order chi connectivity index (χ0) is 8.39. The van der Waals surface area contributed by atoms with Crippen LogP contribution in [0.1, 0.15) is 25.7 Å². The second kappa shape index (κ2) is 3.69. The van der Waals surface area contributed by atoms with E-state index in [1.54, 1.807) is 0 Å². The minimum atomic E-state index is 0.308. The molecule has 2 rings (SSSR count). The van der Waals surface area contributed by atoms with Gasteiger partial charge in [-0.25, -0.2) is 0 Å². The van der Waals surface area contributed by atoms with Crippen molar-refractivity contribution < 1.29 is 4.79 Å². The first-order chi connectivity index (χ1) is 5.88. The molecule has 2 saturated heterocycles. The Hall–Kier alpha value is -0.180. The Morgan fingerprint density at radius 2 is 2.00 bits per heavy atom. The lowest BCUT2D eigenvalue weighted by Crippen LogP contribution is -2.34. The molecule has 0 aromatic rings. The highest BCUT2D eigenvalue weighted by Crippen LogP contribution is 2.28. The van der Waals surface area contributed by atoms with Gasteiger partial charge < -0.3 is 4.90 Å². The maximum atomic E-state index is 11.8. The third-order valence-electron chi connectivity index (χ3n) is 2.62. The van der Waals surface area contributed by atoms with Gasteiger partial charge in [0.2, 0.25) is 5.91 Å². The number of rotatable bonds is 1. The van der Waals surface area contributed by atoms with Gasteiger partial charge in [0.25, 0.3) is 0 Å². The smallest absolute Gasteiger partial charge is 0.235 e. The van der Waals surface area contributed by atoms with Crippen LogP contribution in [-0.4, -0.2) is 34.9 Å². The van der Waals surface area contributed by atoms with E-state index in [1.807, 2.05) is 16.7 Å². The highest BCUT2D eigenvalue weighted by molar-refractivity contribution is 8.00. The molecule has 0 spiro atoms. The monoisotopic (exact) mass is 185 g/mol.